The van der Waals surface area contributed by atoms with Gasteiger partial charge in [0, 0.05) is 18.6 Å². The molecule has 0 aliphatic rings. The second kappa shape index (κ2) is 5.54. The molecule has 0 saturated carbocycles. The average Bonchev–Trinajstić information content (AvgIpc) is 2.56. The minimum atomic E-state index is -2.56. The summed E-state index contributed by atoms with van der Waals surface area (Å²) in [5.74, 6) is 2.28. The maximum atomic E-state index is 4.60. The van der Waals surface area contributed by atoms with Crippen molar-refractivity contribution < 1.29 is 0 Å². The lowest BCUT2D eigenvalue weighted by Gasteiger charge is -2.31. The highest BCUT2D eigenvalue weighted by Gasteiger charge is 2.33. The van der Waals surface area contributed by atoms with E-state index < -0.39 is 13.1 Å². The zero-order valence-electron chi connectivity index (χ0n) is 11.3. The first-order chi connectivity index (χ1) is 9.82. The zero-order chi connectivity index (χ0) is 13.8. The molecule has 98 valence electrons. The third-order valence-corrected chi connectivity index (χ3v) is 8.41. The Hall–Kier alpha value is -2.02. The summed E-state index contributed by atoms with van der Waals surface area (Å²) in [6.45, 7) is 0. The van der Waals surface area contributed by atoms with E-state index in [1.807, 2.05) is 55.0 Å². The Morgan fingerprint density at radius 3 is 1.20 bits per heavy atom. The number of rotatable bonds is 3. The molecule has 0 aliphatic carbocycles. The third kappa shape index (κ3) is 2.24. The van der Waals surface area contributed by atoms with Crippen molar-refractivity contribution in [2.45, 2.75) is 5.79 Å². The maximum Gasteiger partial charge on any atom is 0.299 e. The van der Waals surface area contributed by atoms with Gasteiger partial charge in [-0.25, -0.2) is 0 Å². The zero-order valence-corrected chi connectivity index (χ0v) is 12.5. The molecule has 0 saturated heterocycles. The van der Waals surface area contributed by atoms with Crippen molar-refractivity contribution in [1.82, 2.24) is 15.0 Å². The van der Waals surface area contributed by atoms with E-state index in [-0.39, 0.29) is 0 Å². The summed E-state index contributed by atoms with van der Waals surface area (Å²) in [5.41, 5.74) is 0. The SMILES string of the molecule is [CH3][Al-]([c]1ccccn1)([c]1ccccn1)[c]1ccccn1. The van der Waals surface area contributed by atoms with E-state index in [9.17, 15) is 0 Å². The molecule has 0 spiro atoms. The van der Waals surface area contributed by atoms with Gasteiger partial charge in [0.05, 0.1) is 0 Å². The predicted molar refractivity (Wildman–Crippen MR) is 83.2 cm³/mol. The predicted octanol–water partition coefficient (Wildman–Crippen LogP) is 0.972. The molecule has 0 bridgehead atoms. The van der Waals surface area contributed by atoms with Crippen LogP contribution in [0.3, 0.4) is 0 Å². The maximum absolute atomic E-state index is 4.60. The lowest BCUT2D eigenvalue weighted by Crippen LogP contribution is -2.67. The molecular weight excluding hydrogens is 261 g/mol. The van der Waals surface area contributed by atoms with Gasteiger partial charge in [0.1, 0.15) is 0 Å². The van der Waals surface area contributed by atoms with Gasteiger partial charge in [-0.3, -0.25) is 0 Å². The Kier molecular flexibility index (Phi) is 3.60. The first kappa shape index (κ1) is 13.0. The van der Waals surface area contributed by atoms with E-state index in [1.165, 1.54) is 0 Å². The Morgan fingerprint density at radius 2 is 0.950 bits per heavy atom. The lowest BCUT2D eigenvalue weighted by atomic mass is 10.5. The fraction of sp³-hybridized carbons (Fsp3) is 0.0625. The summed E-state index contributed by atoms with van der Waals surface area (Å²) in [6.07, 6.45) is 5.54. The number of nitrogens with zero attached hydrogens (tertiary/aromatic N) is 3. The minimum absolute atomic E-state index is 1.11. The molecule has 0 atom stereocenters. The fourth-order valence-corrected chi connectivity index (χ4v) is 6.16. The van der Waals surface area contributed by atoms with Crippen LogP contribution in [0.2, 0.25) is 5.79 Å². The van der Waals surface area contributed by atoms with Gasteiger partial charge in [-0.05, 0) is 18.2 Å². The Labute approximate surface area is 121 Å². The fourth-order valence-electron chi connectivity index (χ4n) is 2.61. The van der Waals surface area contributed by atoms with E-state index in [4.69, 9.17) is 0 Å². The Bertz CT molecular complexity index is 575. The van der Waals surface area contributed by atoms with Crippen LogP contribution in [0.4, 0.5) is 0 Å². The molecule has 3 aromatic heterocycles. The molecule has 0 unspecified atom stereocenters. The van der Waals surface area contributed by atoms with Crippen molar-refractivity contribution in [2.24, 2.45) is 0 Å². The van der Waals surface area contributed by atoms with Crippen LogP contribution in [-0.2, 0) is 0 Å². The van der Waals surface area contributed by atoms with E-state index in [2.05, 4.69) is 38.9 Å². The second-order valence-corrected chi connectivity index (χ2v) is 9.44. The van der Waals surface area contributed by atoms with Gasteiger partial charge < -0.3 is 15.0 Å². The van der Waals surface area contributed by atoms with Crippen LogP contribution in [0, 0.1) is 0 Å². The van der Waals surface area contributed by atoms with Gasteiger partial charge in [0.2, 0.25) is 0 Å². The molecule has 3 aromatic rings. The molecule has 0 aromatic carbocycles. The third-order valence-electron chi connectivity index (χ3n) is 3.84. The van der Waals surface area contributed by atoms with E-state index in [0.29, 0.717) is 0 Å². The molecule has 3 rings (SSSR count). The van der Waals surface area contributed by atoms with Crippen molar-refractivity contribution >= 4 is 26.7 Å². The first-order valence-electron chi connectivity index (χ1n) is 6.75. The van der Waals surface area contributed by atoms with Crippen molar-refractivity contribution in [3.8, 4) is 0 Å². The highest BCUT2D eigenvalue weighted by Crippen LogP contribution is 2.02. The Balaban J connectivity index is 2.24. The Morgan fingerprint density at radius 1 is 0.600 bits per heavy atom. The van der Waals surface area contributed by atoms with Gasteiger partial charge in [-0.2, -0.15) is 5.79 Å². The van der Waals surface area contributed by atoms with Gasteiger partial charge in [0.25, 0.3) is 13.1 Å². The standard InChI is InChI=1S/3C5H4N.CH3.Al/c3*1-2-4-6-5-3-1;;/h3*1-4H;1H3;/q;;;;-1. The molecule has 0 amide bonds. The monoisotopic (exact) mass is 276 g/mol. The summed E-state index contributed by atoms with van der Waals surface area (Å²) < 4.78 is 3.33. The van der Waals surface area contributed by atoms with E-state index >= 15 is 0 Å². The van der Waals surface area contributed by atoms with Crippen LogP contribution in [-0.4, -0.2) is 28.0 Å². The normalized spacial score (nSPS) is 11.2. The quantitative estimate of drug-likeness (QED) is 0.669. The van der Waals surface area contributed by atoms with Crippen molar-refractivity contribution in [3.05, 3.63) is 73.2 Å². The number of hydrogen-bond donors (Lipinski definition) is 0. The van der Waals surface area contributed by atoms with Gasteiger partial charge in [-0.15, -0.1) is 13.7 Å². The number of hydrogen-bond acceptors (Lipinski definition) is 3. The minimum Gasteiger partial charge on any atom is -0.310 e. The molecule has 0 N–H and O–H groups in total. The van der Waals surface area contributed by atoms with Crippen LogP contribution in [0.15, 0.2) is 73.2 Å². The van der Waals surface area contributed by atoms with Gasteiger partial charge >= 0.3 is 0 Å². The summed E-state index contributed by atoms with van der Waals surface area (Å²) in [4.78, 5) is 13.8. The van der Waals surface area contributed by atoms with Crippen LogP contribution in [0.1, 0.15) is 0 Å². The van der Waals surface area contributed by atoms with Crippen LogP contribution >= 0.6 is 0 Å². The molecule has 0 radical (unpaired) electrons. The molecule has 0 fully saturated rings. The van der Waals surface area contributed by atoms with Crippen LogP contribution < -0.4 is 13.7 Å². The largest absolute Gasteiger partial charge is 0.310 e. The summed E-state index contributed by atoms with van der Waals surface area (Å²) in [5, 5.41) is 0. The summed E-state index contributed by atoms with van der Waals surface area (Å²) >= 11 is -2.56. The summed E-state index contributed by atoms with van der Waals surface area (Å²) in [7, 11) is 0. The van der Waals surface area contributed by atoms with Crippen LogP contribution in [0.25, 0.3) is 0 Å². The summed E-state index contributed by atoms with van der Waals surface area (Å²) in [6, 6.07) is 18.2. The van der Waals surface area contributed by atoms with Gasteiger partial charge in [0.15, 0.2) is 0 Å². The molecule has 20 heavy (non-hydrogen) atoms. The second-order valence-electron chi connectivity index (χ2n) is 5.06. The first-order valence-corrected chi connectivity index (χ1v) is 9.64. The van der Waals surface area contributed by atoms with E-state index in [1.54, 1.807) is 0 Å². The topological polar surface area (TPSA) is 38.7 Å². The molecular formula is C16H15AlN3-. The van der Waals surface area contributed by atoms with Crippen molar-refractivity contribution in [1.29, 1.82) is 0 Å². The van der Waals surface area contributed by atoms with Crippen LogP contribution in [0.5, 0.6) is 0 Å². The molecule has 3 nitrogen and oxygen atoms in total. The number of pyridine rings is 3. The van der Waals surface area contributed by atoms with E-state index in [0.717, 1.165) is 13.7 Å². The highest BCUT2D eigenvalue weighted by atomic mass is 27.2. The van der Waals surface area contributed by atoms with Crippen molar-refractivity contribution in [3.63, 3.8) is 0 Å². The smallest absolute Gasteiger partial charge is 0.299 e. The molecule has 0 aliphatic heterocycles. The number of aromatic nitrogens is 3. The molecule has 3 heterocycles. The highest BCUT2D eigenvalue weighted by molar-refractivity contribution is 7.09. The average molecular weight is 276 g/mol. The van der Waals surface area contributed by atoms with Gasteiger partial charge in [-0.1, -0.05) is 36.4 Å². The molecule has 4 heteroatoms. The lowest BCUT2D eigenvalue weighted by molar-refractivity contribution is 1.31. The van der Waals surface area contributed by atoms with Crippen molar-refractivity contribution in [2.75, 3.05) is 0 Å².